The first kappa shape index (κ1) is 34.8. The average Bonchev–Trinajstić information content (AvgIpc) is 3.51. The molecule has 0 atom stereocenters. The molecule has 2 N–H and O–H groups in total. The van der Waals surface area contributed by atoms with E-state index in [1.54, 1.807) is 20.8 Å². The number of hydrazine groups is 1. The topological polar surface area (TPSA) is 140 Å². The summed E-state index contributed by atoms with van der Waals surface area (Å²) in [5, 5.41) is 10.7. The van der Waals surface area contributed by atoms with Crippen LogP contribution in [0.3, 0.4) is 0 Å². The first-order valence-electron chi connectivity index (χ1n) is 14.6. The van der Waals surface area contributed by atoms with Crippen LogP contribution in [0, 0.1) is 0 Å². The highest BCUT2D eigenvalue weighted by molar-refractivity contribution is 9.10. The largest absolute Gasteiger partial charge is 0.492 e. The van der Waals surface area contributed by atoms with E-state index in [1.807, 2.05) is 50.2 Å². The molecule has 0 saturated carbocycles. The Morgan fingerprint density at radius 1 is 0.894 bits per heavy atom. The van der Waals surface area contributed by atoms with Gasteiger partial charge in [-0.3, -0.25) is 4.79 Å². The molecule has 47 heavy (non-hydrogen) atoms. The number of halogens is 2. The molecule has 2 aliphatic heterocycles. The first-order valence-corrected chi connectivity index (χ1v) is 17.8. The molecular formula is C32H32Br2N4O7S2. The number of thiazole rings is 2. The number of hydrogen-bond donors (Lipinski definition) is 2. The average molecular weight is 809 g/mol. The molecule has 0 unspecified atom stereocenters. The lowest BCUT2D eigenvalue weighted by molar-refractivity contribution is 0.0242. The molecule has 0 aliphatic carbocycles. The zero-order valence-electron chi connectivity index (χ0n) is 26.2. The molecule has 0 saturated heterocycles. The predicted molar refractivity (Wildman–Crippen MR) is 187 cm³/mol. The fourth-order valence-corrected chi connectivity index (χ4v) is 7.26. The zero-order chi connectivity index (χ0) is 34.0. The highest BCUT2D eigenvalue weighted by Gasteiger charge is 2.29. The molecule has 2 aliphatic rings. The summed E-state index contributed by atoms with van der Waals surface area (Å²) >= 11 is 9.39. The van der Waals surface area contributed by atoms with E-state index in [0.29, 0.717) is 31.1 Å². The van der Waals surface area contributed by atoms with E-state index in [9.17, 15) is 14.4 Å². The second kappa shape index (κ2) is 14.3. The van der Waals surface area contributed by atoms with E-state index in [2.05, 4.69) is 47.3 Å². The van der Waals surface area contributed by atoms with Gasteiger partial charge < -0.3 is 19.3 Å². The minimum absolute atomic E-state index is 0.135. The predicted octanol–water partition coefficient (Wildman–Crippen LogP) is 8.00. The molecule has 0 radical (unpaired) electrons. The second-order valence-corrected chi connectivity index (χ2v) is 15.7. The maximum Gasteiger partial charge on any atom is 0.426 e. The third-order valence-electron chi connectivity index (χ3n) is 6.68. The molecule has 0 spiro atoms. The number of rotatable bonds is 3. The van der Waals surface area contributed by atoms with E-state index in [1.165, 1.54) is 27.7 Å². The number of fused-ring (bicyclic) bond motifs is 6. The molecule has 0 fully saturated rings. The van der Waals surface area contributed by atoms with Gasteiger partial charge in [0, 0.05) is 48.7 Å². The quantitative estimate of drug-likeness (QED) is 0.197. The lowest BCUT2D eigenvalue weighted by Crippen LogP contribution is -2.51. The monoisotopic (exact) mass is 806 g/mol. The second-order valence-electron chi connectivity index (χ2n) is 11.7. The van der Waals surface area contributed by atoms with Crippen molar-refractivity contribution in [3.05, 3.63) is 65.1 Å². The highest BCUT2D eigenvalue weighted by atomic mass is 79.9. The van der Waals surface area contributed by atoms with Crippen molar-refractivity contribution in [2.24, 2.45) is 0 Å². The number of aromatic carboxylic acids is 1. The Bertz CT molecular complexity index is 1830. The van der Waals surface area contributed by atoms with Crippen LogP contribution in [0.2, 0.25) is 0 Å². The fraction of sp³-hybridized carbons (Fsp3) is 0.344. The number of benzene rings is 2. The fourth-order valence-electron chi connectivity index (χ4n) is 4.69. The summed E-state index contributed by atoms with van der Waals surface area (Å²) < 4.78 is 18.6. The third kappa shape index (κ3) is 8.31. The molecule has 4 aromatic rings. The van der Waals surface area contributed by atoms with Crippen LogP contribution in [-0.2, 0) is 17.6 Å². The minimum Gasteiger partial charge on any atom is -0.492 e. The van der Waals surface area contributed by atoms with Gasteiger partial charge in [-0.15, -0.1) is 22.7 Å². The van der Waals surface area contributed by atoms with Gasteiger partial charge in [-0.05, 0) is 71.0 Å². The molecule has 248 valence electrons. The van der Waals surface area contributed by atoms with Gasteiger partial charge >= 0.3 is 18.0 Å². The van der Waals surface area contributed by atoms with Crippen LogP contribution in [0.5, 0.6) is 11.5 Å². The van der Waals surface area contributed by atoms with Gasteiger partial charge in [-0.2, -0.15) is 0 Å². The number of carboxylic acid groups (broad SMARTS) is 1. The van der Waals surface area contributed by atoms with Crippen molar-refractivity contribution >= 4 is 72.5 Å². The number of nitrogens with zero attached hydrogens (tertiary/aromatic N) is 3. The summed E-state index contributed by atoms with van der Waals surface area (Å²) in [4.78, 5) is 47.0. The number of carbonyl (C=O) groups excluding carboxylic acids is 2. The van der Waals surface area contributed by atoms with Crippen molar-refractivity contribution in [1.29, 1.82) is 0 Å². The smallest absolute Gasteiger partial charge is 0.426 e. The molecule has 6 rings (SSSR count). The van der Waals surface area contributed by atoms with Crippen LogP contribution in [0.4, 0.5) is 4.79 Å². The summed E-state index contributed by atoms with van der Waals surface area (Å²) in [7, 11) is 0. The Labute approximate surface area is 296 Å². The number of carboxylic acids is 1. The Kier molecular flexibility index (Phi) is 10.6. The molecule has 0 bridgehead atoms. The number of nitrogens with one attached hydrogen (secondary N) is 1. The normalized spacial score (nSPS) is 13.1. The van der Waals surface area contributed by atoms with Crippen molar-refractivity contribution in [2.45, 2.75) is 59.1 Å². The van der Waals surface area contributed by atoms with E-state index in [4.69, 9.17) is 19.3 Å². The lowest BCUT2D eigenvalue weighted by Gasteiger charge is -2.28. The molecule has 2 amide bonds. The van der Waals surface area contributed by atoms with Crippen molar-refractivity contribution in [3.63, 3.8) is 0 Å². The van der Waals surface area contributed by atoms with E-state index in [0.717, 1.165) is 52.7 Å². The van der Waals surface area contributed by atoms with Crippen molar-refractivity contribution < 1.29 is 33.7 Å². The van der Waals surface area contributed by atoms with Gasteiger partial charge in [0.2, 0.25) is 5.01 Å². The van der Waals surface area contributed by atoms with E-state index in [-0.39, 0.29) is 17.0 Å². The van der Waals surface area contributed by atoms with Crippen molar-refractivity contribution in [2.75, 3.05) is 13.2 Å². The van der Waals surface area contributed by atoms with Gasteiger partial charge in [0.25, 0.3) is 0 Å². The van der Waals surface area contributed by atoms with E-state index >= 15 is 0 Å². The van der Waals surface area contributed by atoms with E-state index < -0.39 is 17.7 Å². The summed E-state index contributed by atoms with van der Waals surface area (Å²) in [6, 6.07) is 11.1. The Balaban J connectivity index is 0.000000205. The Hall–Kier alpha value is -3.53. The summed E-state index contributed by atoms with van der Waals surface area (Å²) in [6.45, 7) is 9.98. The number of carbonyl (C=O) groups is 3. The van der Waals surface area contributed by atoms with Crippen molar-refractivity contribution in [3.8, 4) is 34.0 Å². The number of amides is 2. The lowest BCUT2D eigenvalue weighted by atomic mass is 10.1. The number of hydrogen-bond acceptors (Lipinski definition) is 10. The number of ether oxygens (including phenoxy) is 3. The van der Waals surface area contributed by atoms with Gasteiger partial charge in [0.05, 0.1) is 24.6 Å². The standard InChI is InChI=1S/C20H24BrN3O4S.C12H8BrNO3S/c1-11(2)24(23-19(26)28-20(3,4)5)18(25)17-22-16-13-7-6-12(21)10-14(13)27-9-8-15(16)29-17;13-6-1-2-7-8(5-6)17-4-3-9-10(7)14-11(18-9)12(15)16/h6-7,10-11H,8-9H2,1-5H3,(H,23,26);1-2,5H,3-4H2,(H,15,16). The van der Waals surface area contributed by atoms with Crippen molar-refractivity contribution in [1.82, 2.24) is 20.4 Å². The molecule has 2 aromatic heterocycles. The maximum absolute atomic E-state index is 13.1. The van der Waals surface area contributed by atoms with Crippen LogP contribution >= 0.6 is 54.5 Å². The maximum atomic E-state index is 13.1. The first-order chi connectivity index (χ1) is 22.2. The minimum atomic E-state index is -0.979. The molecular weight excluding hydrogens is 776 g/mol. The molecule has 4 heterocycles. The van der Waals surface area contributed by atoms with Crippen LogP contribution in [-0.4, -0.2) is 62.9 Å². The van der Waals surface area contributed by atoms with Gasteiger partial charge in [-0.25, -0.2) is 30.0 Å². The SMILES string of the molecule is CC(C)N(NC(=O)OC(C)(C)C)C(=O)c1nc2c(s1)CCOc1cc(Br)ccc1-2.O=C(O)c1nc2c(s1)CCOc1cc(Br)ccc1-2. The zero-order valence-corrected chi connectivity index (χ0v) is 31.0. The number of aromatic nitrogens is 2. The highest BCUT2D eigenvalue weighted by Crippen LogP contribution is 2.40. The summed E-state index contributed by atoms with van der Waals surface area (Å²) in [6.07, 6.45) is 0.668. The van der Waals surface area contributed by atoms with Crippen LogP contribution in [0.25, 0.3) is 22.5 Å². The van der Waals surface area contributed by atoms with Gasteiger partial charge in [-0.1, -0.05) is 31.9 Å². The molecule has 15 heteroatoms. The van der Waals surface area contributed by atoms with Crippen LogP contribution < -0.4 is 14.9 Å². The van der Waals surface area contributed by atoms with Gasteiger partial charge in [0.1, 0.15) is 17.1 Å². The van der Waals surface area contributed by atoms with Crippen LogP contribution in [0.1, 0.15) is 64.0 Å². The van der Waals surface area contributed by atoms with Gasteiger partial charge in [0.15, 0.2) is 5.01 Å². The molecule has 11 nitrogen and oxygen atoms in total. The molecule has 2 aromatic carbocycles. The Morgan fingerprint density at radius 2 is 1.38 bits per heavy atom. The Morgan fingerprint density at radius 3 is 1.85 bits per heavy atom. The third-order valence-corrected chi connectivity index (χ3v) is 9.87. The summed E-state index contributed by atoms with van der Waals surface area (Å²) in [5.41, 5.74) is 5.08. The summed E-state index contributed by atoms with van der Waals surface area (Å²) in [5.74, 6) is 0.122. The van der Waals surface area contributed by atoms with Crippen LogP contribution in [0.15, 0.2) is 45.3 Å².